The summed E-state index contributed by atoms with van der Waals surface area (Å²) >= 11 is 0. The van der Waals surface area contributed by atoms with Crippen LogP contribution in [0, 0.1) is 0 Å². The van der Waals surface area contributed by atoms with Crippen molar-refractivity contribution in [2.24, 2.45) is 0 Å². The lowest BCUT2D eigenvalue weighted by Gasteiger charge is -2.48. The molecule has 12 heteroatoms. The average molecular weight is 538 g/mol. The average Bonchev–Trinajstić information content (AvgIpc) is 2.84. The number of hydrogen-bond acceptors (Lipinski definition) is 4. The van der Waals surface area contributed by atoms with Crippen LogP contribution in [0.5, 0.6) is 0 Å². The van der Waals surface area contributed by atoms with Crippen LogP contribution in [0.3, 0.4) is 0 Å². The van der Waals surface area contributed by atoms with Crippen LogP contribution < -0.4 is 0 Å². The van der Waals surface area contributed by atoms with Crippen molar-refractivity contribution in [1.29, 1.82) is 0 Å². The Balaban J connectivity index is 1.73. The van der Waals surface area contributed by atoms with Crippen molar-refractivity contribution in [2.75, 3.05) is 26.2 Å². The van der Waals surface area contributed by atoms with Gasteiger partial charge in [0, 0.05) is 45.2 Å². The molecule has 208 valence electrons. The van der Waals surface area contributed by atoms with E-state index in [0.29, 0.717) is 45.4 Å². The van der Waals surface area contributed by atoms with Gasteiger partial charge in [0.15, 0.2) is 0 Å². The summed E-state index contributed by atoms with van der Waals surface area (Å²) < 4.78 is 80.8. The van der Waals surface area contributed by atoms with Crippen LogP contribution in [0.25, 0.3) is 0 Å². The molecule has 2 aliphatic rings. The normalized spacial score (nSPS) is 18.2. The van der Waals surface area contributed by atoms with Gasteiger partial charge in [0.2, 0.25) is 5.91 Å². The minimum absolute atomic E-state index is 0.00960. The quantitative estimate of drug-likeness (QED) is 0.463. The molecule has 2 amide bonds. The van der Waals surface area contributed by atoms with E-state index in [2.05, 4.69) is 15.7 Å². The first-order chi connectivity index (χ1) is 17.2. The number of halogens is 6. The third-order valence-corrected chi connectivity index (χ3v) is 7.65. The zero-order valence-corrected chi connectivity index (χ0v) is 21.2. The van der Waals surface area contributed by atoms with Crippen LogP contribution in [0.2, 0.25) is 0 Å². The standard InChI is InChI=1S/C25H33F6N3O3/c1-4-23(10-13-32(14-11-23)22(36)37-21(24(26,27)28)25(29,30)31)34(5-2)15-19-8-6-7-18-9-12-33(17(3)35)16-20(18)19/h6-8,21H,4-5,9-16H2,1-3H3. The first-order valence-corrected chi connectivity index (χ1v) is 12.4. The lowest BCUT2D eigenvalue weighted by molar-refractivity contribution is -0.308. The Bertz CT molecular complexity index is 959. The highest BCUT2D eigenvalue weighted by Crippen LogP contribution is 2.38. The van der Waals surface area contributed by atoms with Crippen LogP contribution in [0.15, 0.2) is 18.2 Å². The van der Waals surface area contributed by atoms with Gasteiger partial charge in [-0.1, -0.05) is 32.0 Å². The number of carbonyl (C=O) groups excluding carboxylic acids is 2. The second-order valence-corrected chi connectivity index (χ2v) is 9.67. The highest BCUT2D eigenvalue weighted by Gasteiger charge is 2.60. The number of likely N-dealkylation sites (tertiary alicyclic amines) is 1. The molecule has 1 aromatic carbocycles. The van der Waals surface area contributed by atoms with Crippen molar-refractivity contribution in [2.45, 2.75) is 83.5 Å². The largest absolute Gasteiger partial charge is 0.434 e. The SMILES string of the molecule is CCN(Cc1cccc2c1CN(C(C)=O)CC2)C1(CC)CCN(C(=O)OC(C(F)(F)F)C(F)(F)F)CC1. The van der Waals surface area contributed by atoms with Gasteiger partial charge < -0.3 is 14.5 Å². The Morgan fingerprint density at radius 2 is 1.65 bits per heavy atom. The first kappa shape index (κ1) is 29.1. The Morgan fingerprint density at radius 1 is 1.03 bits per heavy atom. The molecule has 0 N–H and O–H groups in total. The Hall–Kier alpha value is -2.50. The van der Waals surface area contributed by atoms with E-state index in [1.165, 1.54) is 5.56 Å². The fourth-order valence-electron chi connectivity index (χ4n) is 5.38. The number of hydrogen-bond donors (Lipinski definition) is 0. The van der Waals surface area contributed by atoms with Crippen molar-refractivity contribution in [1.82, 2.24) is 14.7 Å². The Labute approximate surface area is 212 Å². The van der Waals surface area contributed by atoms with Gasteiger partial charge in [-0.3, -0.25) is 9.69 Å². The second-order valence-electron chi connectivity index (χ2n) is 9.67. The molecule has 2 aliphatic heterocycles. The van der Waals surface area contributed by atoms with E-state index in [9.17, 15) is 35.9 Å². The number of piperidine rings is 1. The molecule has 0 aliphatic carbocycles. The summed E-state index contributed by atoms with van der Waals surface area (Å²) in [5, 5.41) is 0. The minimum atomic E-state index is -5.75. The summed E-state index contributed by atoms with van der Waals surface area (Å²) in [6, 6.07) is 6.07. The monoisotopic (exact) mass is 537 g/mol. The van der Waals surface area contributed by atoms with E-state index in [1.807, 2.05) is 26.0 Å². The summed E-state index contributed by atoms with van der Waals surface area (Å²) in [7, 11) is 0. The van der Waals surface area contributed by atoms with Crippen LogP contribution in [-0.4, -0.2) is 76.9 Å². The highest BCUT2D eigenvalue weighted by atomic mass is 19.4. The lowest BCUT2D eigenvalue weighted by Crippen LogP contribution is -2.56. The smallest absolute Gasteiger partial charge is 0.426 e. The van der Waals surface area contributed by atoms with Crippen molar-refractivity contribution < 1.29 is 40.7 Å². The number of amides is 2. The number of carbonyl (C=O) groups is 2. The molecule has 37 heavy (non-hydrogen) atoms. The summed E-state index contributed by atoms with van der Waals surface area (Å²) in [5.74, 6) is 0.00960. The molecule has 1 saturated heterocycles. The molecular formula is C25H33F6N3O3. The summed E-state index contributed by atoms with van der Waals surface area (Å²) in [6.45, 7) is 7.91. The van der Waals surface area contributed by atoms with Crippen LogP contribution in [0.1, 0.15) is 56.7 Å². The van der Waals surface area contributed by atoms with Crippen molar-refractivity contribution in [3.8, 4) is 0 Å². The molecular weight excluding hydrogens is 504 g/mol. The lowest BCUT2D eigenvalue weighted by atomic mass is 9.82. The first-order valence-electron chi connectivity index (χ1n) is 12.4. The Morgan fingerprint density at radius 3 is 2.16 bits per heavy atom. The minimum Gasteiger partial charge on any atom is -0.426 e. The molecule has 0 radical (unpaired) electrons. The molecule has 0 saturated carbocycles. The van der Waals surface area contributed by atoms with E-state index in [-0.39, 0.29) is 19.0 Å². The Kier molecular flexibility index (Phi) is 8.71. The van der Waals surface area contributed by atoms with E-state index in [0.717, 1.165) is 22.4 Å². The summed E-state index contributed by atoms with van der Waals surface area (Å²) in [4.78, 5) is 29.2. The fraction of sp³-hybridized carbons (Fsp3) is 0.680. The number of benzene rings is 1. The number of fused-ring (bicyclic) bond motifs is 1. The van der Waals surface area contributed by atoms with Gasteiger partial charge >= 0.3 is 18.4 Å². The van der Waals surface area contributed by atoms with Crippen LogP contribution in [-0.2, 0) is 29.0 Å². The predicted octanol–water partition coefficient (Wildman–Crippen LogP) is 5.29. The van der Waals surface area contributed by atoms with Gasteiger partial charge in [0.1, 0.15) is 0 Å². The zero-order valence-electron chi connectivity index (χ0n) is 21.2. The highest BCUT2D eigenvalue weighted by molar-refractivity contribution is 5.73. The topological polar surface area (TPSA) is 53.1 Å². The van der Waals surface area contributed by atoms with E-state index >= 15 is 0 Å². The maximum Gasteiger partial charge on any atom is 0.434 e. The van der Waals surface area contributed by atoms with Crippen molar-refractivity contribution in [3.05, 3.63) is 34.9 Å². The van der Waals surface area contributed by atoms with Gasteiger partial charge in [0.05, 0.1) is 0 Å². The van der Waals surface area contributed by atoms with Crippen LogP contribution in [0.4, 0.5) is 31.1 Å². The van der Waals surface area contributed by atoms with Crippen molar-refractivity contribution in [3.63, 3.8) is 0 Å². The van der Waals surface area contributed by atoms with Crippen LogP contribution >= 0.6 is 0 Å². The van der Waals surface area contributed by atoms with Crippen molar-refractivity contribution >= 4 is 12.0 Å². The maximum absolute atomic E-state index is 12.8. The number of nitrogens with zero attached hydrogens (tertiary/aromatic N) is 3. The van der Waals surface area contributed by atoms with E-state index in [1.54, 1.807) is 11.8 Å². The second kappa shape index (κ2) is 11.1. The third-order valence-electron chi connectivity index (χ3n) is 7.65. The zero-order chi connectivity index (χ0) is 27.6. The summed E-state index contributed by atoms with van der Waals surface area (Å²) in [6.07, 6.45) is -15.1. The maximum atomic E-state index is 12.8. The van der Waals surface area contributed by atoms with Gasteiger partial charge in [0.25, 0.3) is 6.10 Å². The van der Waals surface area contributed by atoms with Gasteiger partial charge in [-0.25, -0.2) is 4.79 Å². The molecule has 0 atom stereocenters. The molecule has 0 unspecified atom stereocenters. The molecule has 2 heterocycles. The summed E-state index contributed by atoms with van der Waals surface area (Å²) in [5.41, 5.74) is 2.99. The van der Waals surface area contributed by atoms with E-state index < -0.39 is 30.1 Å². The molecule has 3 rings (SSSR count). The van der Waals surface area contributed by atoms with Gasteiger partial charge in [-0.2, -0.15) is 26.3 Å². The predicted molar refractivity (Wildman–Crippen MR) is 124 cm³/mol. The molecule has 0 spiro atoms. The van der Waals surface area contributed by atoms with E-state index in [4.69, 9.17) is 0 Å². The molecule has 0 aromatic heterocycles. The molecule has 1 aromatic rings. The fourth-order valence-corrected chi connectivity index (χ4v) is 5.38. The number of ether oxygens (including phenoxy) is 1. The molecule has 0 bridgehead atoms. The van der Waals surface area contributed by atoms with Gasteiger partial charge in [-0.05, 0) is 48.9 Å². The third kappa shape index (κ3) is 6.50. The number of alkyl halides is 6. The number of rotatable bonds is 6. The molecule has 6 nitrogen and oxygen atoms in total. The molecule has 1 fully saturated rings. The van der Waals surface area contributed by atoms with Gasteiger partial charge in [-0.15, -0.1) is 0 Å².